The molecule has 0 atom stereocenters. The van der Waals surface area contributed by atoms with Crippen molar-refractivity contribution in [2.75, 3.05) is 45.9 Å². The average Bonchev–Trinajstić information content (AvgIpc) is 3.42. The van der Waals surface area contributed by atoms with E-state index in [-0.39, 0.29) is 11.8 Å². The van der Waals surface area contributed by atoms with E-state index in [0.717, 1.165) is 43.1 Å². The van der Waals surface area contributed by atoms with Crippen molar-refractivity contribution in [3.63, 3.8) is 0 Å². The predicted molar refractivity (Wildman–Crippen MR) is 141 cm³/mol. The number of benzene rings is 2. The molecule has 0 aliphatic carbocycles. The molecule has 3 aromatic rings. The summed E-state index contributed by atoms with van der Waals surface area (Å²) >= 11 is 1.39. The maximum Gasteiger partial charge on any atom is 0.282 e. The van der Waals surface area contributed by atoms with Gasteiger partial charge in [0.05, 0.1) is 6.61 Å². The summed E-state index contributed by atoms with van der Waals surface area (Å²) in [6.07, 6.45) is 1.67. The first kappa shape index (κ1) is 24.5. The third kappa shape index (κ3) is 5.44. The average molecular weight is 505 g/mol. The Bertz CT molecular complexity index is 1180. The number of amides is 2. The number of ether oxygens (including phenoxy) is 1. The highest BCUT2D eigenvalue weighted by atomic mass is 32.1. The van der Waals surface area contributed by atoms with Gasteiger partial charge in [0.15, 0.2) is 5.01 Å². The van der Waals surface area contributed by atoms with Crippen molar-refractivity contribution in [2.24, 2.45) is 5.92 Å². The molecule has 2 amide bonds. The fourth-order valence-corrected chi connectivity index (χ4v) is 5.22. The number of nitrogens with zero attached hydrogens (tertiary/aromatic N) is 4. The number of piperazine rings is 1. The van der Waals surface area contributed by atoms with E-state index in [4.69, 9.17) is 4.74 Å². The van der Waals surface area contributed by atoms with Crippen molar-refractivity contribution in [3.05, 3.63) is 70.7 Å². The van der Waals surface area contributed by atoms with Crippen LogP contribution in [0.1, 0.15) is 34.0 Å². The standard InChI is InChI=1S/C28H32N4O3S/c1-20(2)19-35-25-5-3-4-23(16-25)21-6-8-22(9-7-21)27(33)32-17-24(18-32)30-11-13-31(14-12-30)28(34)26-29-10-15-36-26/h3-10,15-16,20,24H,11-14,17-19H2,1-2H3. The molecule has 8 heteroatoms. The van der Waals surface area contributed by atoms with Crippen LogP contribution < -0.4 is 4.74 Å². The van der Waals surface area contributed by atoms with E-state index >= 15 is 0 Å². The van der Waals surface area contributed by atoms with Crippen molar-refractivity contribution in [2.45, 2.75) is 19.9 Å². The molecule has 7 nitrogen and oxygen atoms in total. The van der Waals surface area contributed by atoms with Crippen molar-refractivity contribution >= 4 is 23.2 Å². The molecule has 2 aromatic carbocycles. The van der Waals surface area contributed by atoms with Crippen LogP contribution in [-0.4, -0.2) is 83.4 Å². The molecule has 2 saturated heterocycles. The van der Waals surface area contributed by atoms with Crippen molar-refractivity contribution in [3.8, 4) is 16.9 Å². The van der Waals surface area contributed by atoms with E-state index in [9.17, 15) is 9.59 Å². The van der Waals surface area contributed by atoms with Crippen LogP contribution in [-0.2, 0) is 0 Å². The monoisotopic (exact) mass is 504 g/mol. The summed E-state index contributed by atoms with van der Waals surface area (Å²) in [5, 5.41) is 2.39. The van der Waals surface area contributed by atoms with E-state index in [1.54, 1.807) is 6.20 Å². The van der Waals surface area contributed by atoms with Crippen molar-refractivity contribution in [1.29, 1.82) is 0 Å². The minimum Gasteiger partial charge on any atom is -0.493 e. The van der Waals surface area contributed by atoms with Crippen LogP contribution in [0.25, 0.3) is 11.1 Å². The number of thiazole rings is 1. The Morgan fingerprint density at radius 1 is 0.972 bits per heavy atom. The van der Waals surface area contributed by atoms with E-state index in [2.05, 4.69) is 29.8 Å². The van der Waals surface area contributed by atoms with Crippen LogP contribution >= 0.6 is 11.3 Å². The molecular weight excluding hydrogens is 472 g/mol. The number of carbonyl (C=O) groups excluding carboxylic acids is 2. The van der Waals surface area contributed by atoms with Gasteiger partial charge >= 0.3 is 0 Å². The number of rotatable bonds is 7. The molecule has 5 rings (SSSR count). The van der Waals surface area contributed by atoms with E-state index < -0.39 is 0 Å². The van der Waals surface area contributed by atoms with Crippen molar-refractivity contribution in [1.82, 2.24) is 19.7 Å². The lowest BCUT2D eigenvalue weighted by atomic mass is 10.0. The lowest BCUT2D eigenvalue weighted by molar-refractivity contribution is 0.00853. The molecule has 0 radical (unpaired) electrons. The van der Waals surface area contributed by atoms with Crippen LogP contribution in [0.3, 0.4) is 0 Å². The molecular formula is C28H32N4O3S. The molecule has 0 unspecified atom stereocenters. The Labute approximate surface area is 216 Å². The summed E-state index contributed by atoms with van der Waals surface area (Å²) in [7, 11) is 0. The van der Waals surface area contributed by atoms with Gasteiger partial charge in [-0.3, -0.25) is 14.5 Å². The lowest BCUT2D eigenvalue weighted by Crippen LogP contribution is -2.64. The smallest absolute Gasteiger partial charge is 0.282 e. The van der Waals surface area contributed by atoms with Gasteiger partial charge in [-0.05, 0) is 41.3 Å². The Morgan fingerprint density at radius 2 is 1.72 bits per heavy atom. The normalized spacial score (nSPS) is 16.8. The van der Waals surface area contributed by atoms with Gasteiger partial charge in [-0.1, -0.05) is 38.1 Å². The summed E-state index contributed by atoms with van der Waals surface area (Å²) in [5.74, 6) is 1.43. The molecule has 0 N–H and O–H groups in total. The van der Waals surface area contributed by atoms with Crippen LogP contribution in [0.15, 0.2) is 60.1 Å². The second-order valence-electron chi connectivity index (χ2n) is 9.84. The number of aromatic nitrogens is 1. The summed E-state index contributed by atoms with van der Waals surface area (Å²) < 4.78 is 5.85. The molecule has 0 bridgehead atoms. The SMILES string of the molecule is CC(C)COc1cccc(-c2ccc(C(=O)N3CC(N4CCN(C(=O)c5nccs5)CC4)C3)cc2)c1. The number of likely N-dealkylation sites (tertiary alicyclic amines) is 1. The molecule has 36 heavy (non-hydrogen) atoms. The minimum atomic E-state index is 0.0216. The van der Waals surface area contributed by atoms with E-state index in [1.807, 2.05) is 57.6 Å². The largest absolute Gasteiger partial charge is 0.493 e. The first-order valence-electron chi connectivity index (χ1n) is 12.5. The summed E-state index contributed by atoms with van der Waals surface area (Å²) in [4.78, 5) is 35.8. The Hall–Kier alpha value is -3.23. The molecule has 1 aromatic heterocycles. The highest BCUT2D eigenvalue weighted by Gasteiger charge is 2.37. The molecule has 3 heterocycles. The number of hydrogen-bond acceptors (Lipinski definition) is 6. The van der Waals surface area contributed by atoms with Crippen LogP contribution in [0.2, 0.25) is 0 Å². The highest BCUT2D eigenvalue weighted by Crippen LogP contribution is 2.26. The quantitative estimate of drug-likeness (QED) is 0.484. The van der Waals surface area contributed by atoms with Gasteiger partial charge in [0.1, 0.15) is 5.75 Å². The van der Waals surface area contributed by atoms with Crippen molar-refractivity contribution < 1.29 is 14.3 Å². The van der Waals surface area contributed by atoms with E-state index in [1.165, 1.54) is 11.3 Å². The topological polar surface area (TPSA) is 66.0 Å². The highest BCUT2D eigenvalue weighted by molar-refractivity contribution is 7.11. The van der Waals surface area contributed by atoms with Gasteiger partial charge in [-0.25, -0.2) is 4.98 Å². The molecule has 0 saturated carbocycles. The Balaban J connectivity index is 1.11. The van der Waals surface area contributed by atoms with Crippen LogP contribution in [0.5, 0.6) is 5.75 Å². The van der Waals surface area contributed by atoms with E-state index in [0.29, 0.717) is 42.2 Å². The van der Waals surface area contributed by atoms with Gasteiger partial charge in [0.2, 0.25) is 0 Å². The molecule has 188 valence electrons. The number of carbonyl (C=O) groups is 2. The maximum absolute atomic E-state index is 13.0. The second kappa shape index (κ2) is 10.8. The van der Waals surface area contributed by atoms with Gasteiger partial charge in [-0.15, -0.1) is 11.3 Å². The third-order valence-corrected chi connectivity index (χ3v) is 7.53. The minimum absolute atomic E-state index is 0.0216. The summed E-state index contributed by atoms with van der Waals surface area (Å²) in [6.45, 7) is 9.49. The lowest BCUT2D eigenvalue weighted by Gasteiger charge is -2.48. The van der Waals surface area contributed by atoms with Gasteiger partial charge in [0, 0.05) is 62.5 Å². The summed E-state index contributed by atoms with van der Waals surface area (Å²) in [5.41, 5.74) is 2.85. The zero-order valence-corrected chi connectivity index (χ0v) is 21.6. The van der Waals surface area contributed by atoms with Crippen LogP contribution in [0.4, 0.5) is 0 Å². The first-order valence-corrected chi connectivity index (χ1v) is 13.4. The Kier molecular flexibility index (Phi) is 7.34. The fraction of sp³-hybridized carbons (Fsp3) is 0.393. The molecule has 2 fully saturated rings. The van der Waals surface area contributed by atoms with Crippen LogP contribution in [0, 0.1) is 5.92 Å². The van der Waals surface area contributed by atoms with Gasteiger partial charge < -0.3 is 14.5 Å². The third-order valence-electron chi connectivity index (χ3n) is 6.77. The Morgan fingerprint density at radius 3 is 2.39 bits per heavy atom. The molecule has 2 aliphatic rings. The fourth-order valence-electron chi connectivity index (χ4n) is 4.62. The zero-order valence-electron chi connectivity index (χ0n) is 20.8. The second-order valence-corrected chi connectivity index (χ2v) is 10.7. The maximum atomic E-state index is 13.0. The molecule has 2 aliphatic heterocycles. The predicted octanol–water partition coefficient (Wildman–Crippen LogP) is 4.13. The van der Waals surface area contributed by atoms with Gasteiger partial charge in [-0.2, -0.15) is 0 Å². The first-order chi connectivity index (χ1) is 17.5. The number of hydrogen-bond donors (Lipinski definition) is 0. The van der Waals surface area contributed by atoms with Gasteiger partial charge in [0.25, 0.3) is 11.8 Å². The zero-order chi connectivity index (χ0) is 25.1. The summed E-state index contributed by atoms with van der Waals surface area (Å²) in [6, 6.07) is 16.3. The molecule has 0 spiro atoms.